The molecule has 0 bridgehead atoms. The van der Waals surface area contributed by atoms with E-state index in [0.717, 1.165) is 35.9 Å². The Morgan fingerprint density at radius 1 is 1.00 bits per heavy atom. The third kappa shape index (κ3) is 4.31. The lowest BCUT2D eigenvalue weighted by atomic mass is 10.0. The number of hydrogen-bond acceptors (Lipinski definition) is 3. The van der Waals surface area contributed by atoms with E-state index in [1.54, 1.807) is 0 Å². The van der Waals surface area contributed by atoms with E-state index in [4.69, 9.17) is 22.3 Å². The number of nitrogens with two attached hydrogens (primary N) is 1. The van der Waals surface area contributed by atoms with Crippen LogP contribution in [0.1, 0.15) is 22.7 Å². The largest absolute Gasteiger partial charge is 0.369 e. The highest BCUT2D eigenvalue weighted by atomic mass is 35.5. The Bertz CT molecular complexity index is 1310. The van der Waals surface area contributed by atoms with E-state index in [2.05, 4.69) is 72.2 Å². The maximum atomic E-state index is 6.53. The Morgan fingerprint density at radius 3 is 2.55 bits per heavy atom. The molecule has 0 spiro atoms. The number of fused-ring (bicyclic) bond motifs is 1. The molecule has 0 radical (unpaired) electrons. The first kappa shape index (κ1) is 21.8. The minimum atomic E-state index is 0.174. The van der Waals surface area contributed by atoms with Gasteiger partial charge in [-0.05, 0) is 60.2 Å². The van der Waals surface area contributed by atoms with Crippen LogP contribution in [0.5, 0.6) is 0 Å². The number of benzene rings is 3. The molecule has 1 aromatic heterocycles. The number of aryl methyl sites for hydroxylation is 2. The van der Waals surface area contributed by atoms with Crippen LogP contribution in [0.3, 0.4) is 0 Å². The highest BCUT2D eigenvalue weighted by molar-refractivity contribution is 7.23. The molecule has 1 saturated heterocycles. The van der Waals surface area contributed by atoms with Gasteiger partial charge >= 0.3 is 0 Å². The van der Waals surface area contributed by atoms with E-state index < -0.39 is 0 Å². The van der Waals surface area contributed by atoms with E-state index in [0.29, 0.717) is 5.96 Å². The summed E-state index contributed by atoms with van der Waals surface area (Å²) >= 11 is 8.14. The van der Waals surface area contributed by atoms with Gasteiger partial charge < -0.3 is 15.5 Å². The fourth-order valence-corrected chi connectivity index (χ4v) is 5.97. The SMILES string of the molecule is Cc1ccccc1N=C(N)N1CCN(c2sc3ccc(Cl)cc3c2C)C(c2ccccc2)C1. The van der Waals surface area contributed by atoms with Crippen LogP contribution in [0.15, 0.2) is 77.8 Å². The highest BCUT2D eigenvalue weighted by Crippen LogP contribution is 2.42. The van der Waals surface area contributed by atoms with E-state index >= 15 is 0 Å². The summed E-state index contributed by atoms with van der Waals surface area (Å²) in [5.41, 5.74) is 11.1. The molecule has 1 unspecified atom stereocenters. The van der Waals surface area contributed by atoms with Crippen LogP contribution < -0.4 is 10.6 Å². The van der Waals surface area contributed by atoms with Crippen LogP contribution in [-0.4, -0.2) is 30.5 Å². The summed E-state index contributed by atoms with van der Waals surface area (Å²) in [5, 5.41) is 3.31. The van der Waals surface area contributed by atoms with Gasteiger partial charge in [0.05, 0.1) is 16.7 Å². The molecule has 5 rings (SSSR count). The minimum absolute atomic E-state index is 0.174. The monoisotopic (exact) mass is 474 g/mol. The van der Waals surface area contributed by atoms with Gasteiger partial charge in [-0.2, -0.15) is 0 Å². The Morgan fingerprint density at radius 2 is 1.76 bits per heavy atom. The van der Waals surface area contributed by atoms with Crippen molar-refractivity contribution in [3.8, 4) is 0 Å². The molecule has 1 atom stereocenters. The number of para-hydroxylation sites is 1. The van der Waals surface area contributed by atoms with Gasteiger partial charge in [0, 0.05) is 29.4 Å². The number of aliphatic imine (C=N–C) groups is 1. The number of guanidine groups is 1. The van der Waals surface area contributed by atoms with Crippen molar-refractivity contribution in [3.63, 3.8) is 0 Å². The van der Waals surface area contributed by atoms with Crippen molar-refractivity contribution in [3.05, 3.63) is 94.5 Å². The molecule has 1 aliphatic heterocycles. The van der Waals surface area contributed by atoms with Gasteiger partial charge in [-0.15, -0.1) is 11.3 Å². The number of rotatable bonds is 3. The second kappa shape index (κ2) is 9.08. The van der Waals surface area contributed by atoms with Gasteiger partial charge in [0.15, 0.2) is 5.96 Å². The van der Waals surface area contributed by atoms with Crippen molar-refractivity contribution in [1.82, 2.24) is 4.90 Å². The number of anilines is 1. The van der Waals surface area contributed by atoms with Gasteiger partial charge in [0.25, 0.3) is 0 Å². The summed E-state index contributed by atoms with van der Waals surface area (Å²) in [5.74, 6) is 0.574. The standard InChI is InChI=1S/C27H27ClN4S/c1-18-8-6-7-11-23(18)30-27(29)31-14-15-32(24(17-31)20-9-4-3-5-10-20)26-19(2)22-16-21(28)12-13-25(22)33-26/h3-13,16,24H,14-15,17H2,1-2H3,(H2,29,30). The van der Waals surface area contributed by atoms with Crippen LogP contribution in [-0.2, 0) is 0 Å². The minimum Gasteiger partial charge on any atom is -0.369 e. The third-order valence-corrected chi connectivity index (χ3v) is 7.92. The maximum Gasteiger partial charge on any atom is 0.196 e. The first-order chi connectivity index (χ1) is 16.0. The summed E-state index contributed by atoms with van der Waals surface area (Å²) in [7, 11) is 0. The van der Waals surface area contributed by atoms with Crippen molar-refractivity contribution in [2.45, 2.75) is 19.9 Å². The average molecular weight is 475 g/mol. The lowest BCUT2D eigenvalue weighted by Gasteiger charge is -2.43. The van der Waals surface area contributed by atoms with Crippen molar-refractivity contribution in [2.75, 3.05) is 24.5 Å². The summed E-state index contributed by atoms with van der Waals surface area (Å²) < 4.78 is 1.27. The van der Waals surface area contributed by atoms with E-state index in [9.17, 15) is 0 Å². The summed E-state index contributed by atoms with van der Waals surface area (Å²) in [4.78, 5) is 9.50. The second-order valence-corrected chi connectivity index (χ2v) is 9.96. The second-order valence-electron chi connectivity index (χ2n) is 8.50. The predicted molar refractivity (Wildman–Crippen MR) is 142 cm³/mol. The predicted octanol–water partition coefficient (Wildman–Crippen LogP) is 6.68. The number of nitrogens with zero attached hydrogens (tertiary/aromatic N) is 3. The molecule has 4 nitrogen and oxygen atoms in total. The van der Waals surface area contributed by atoms with Crippen LogP contribution in [0, 0.1) is 13.8 Å². The molecule has 1 aliphatic rings. The number of piperazine rings is 1. The van der Waals surface area contributed by atoms with E-state index in [1.807, 2.05) is 35.6 Å². The molecule has 3 aromatic carbocycles. The lowest BCUT2D eigenvalue weighted by molar-refractivity contribution is 0.328. The third-order valence-electron chi connectivity index (χ3n) is 6.37. The molecule has 2 heterocycles. The molecule has 1 fully saturated rings. The number of halogens is 1. The van der Waals surface area contributed by atoms with E-state index in [1.165, 1.54) is 26.2 Å². The van der Waals surface area contributed by atoms with Gasteiger partial charge in [0.2, 0.25) is 0 Å². The highest BCUT2D eigenvalue weighted by Gasteiger charge is 2.31. The number of thiophene rings is 1. The van der Waals surface area contributed by atoms with Crippen molar-refractivity contribution in [1.29, 1.82) is 0 Å². The molecular formula is C27H27ClN4S. The van der Waals surface area contributed by atoms with Crippen molar-refractivity contribution >= 4 is 49.7 Å². The Kier molecular flexibility index (Phi) is 6.00. The van der Waals surface area contributed by atoms with Gasteiger partial charge in [-0.3, -0.25) is 0 Å². The molecule has 4 aromatic rings. The molecule has 0 amide bonds. The van der Waals surface area contributed by atoms with Crippen LogP contribution in [0.2, 0.25) is 5.02 Å². The summed E-state index contributed by atoms with van der Waals surface area (Å²) in [6, 6.07) is 25.1. The topological polar surface area (TPSA) is 44.9 Å². The molecule has 6 heteroatoms. The van der Waals surface area contributed by atoms with Gasteiger partial charge in [0.1, 0.15) is 0 Å². The van der Waals surface area contributed by atoms with E-state index in [-0.39, 0.29) is 6.04 Å². The molecule has 33 heavy (non-hydrogen) atoms. The zero-order chi connectivity index (χ0) is 22.9. The first-order valence-electron chi connectivity index (χ1n) is 11.2. The normalized spacial score (nSPS) is 17.1. The first-order valence-corrected chi connectivity index (χ1v) is 12.4. The molecule has 168 valence electrons. The molecule has 0 saturated carbocycles. The zero-order valence-electron chi connectivity index (χ0n) is 18.8. The fraction of sp³-hybridized carbons (Fsp3) is 0.222. The van der Waals surface area contributed by atoms with Crippen molar-refractivity contribution < 1.29 is 0 Å². The van der Waals surface area contributed by atoms with Gasteiger partial charge in [-0.25, -0.2) is 4.99 Å². The maximum absolute atomic E-state index is 6.53. The van der Waals surface area contributed by atoms with Crippen molar-refractivity contribution in [2.24, 2.45) is 10.7 Å². The Labute approximate surface area is 203 Å². The Balaban J connectivity index is 1.51. The molecule has 2 N–H and O–H groups in total. The van der Waals surface area contributed by atoms with Crippen LogP contribution in [0.25, 0.3) is 10.1 Å². The smallest absolute Gasteiger partial charge is 0.196 e. The average Bonchev–Trinajstić information content (AvgIpc) is 3.16. The summed E-state index contributed by atoms with van der Waals surface area (Å²) in [6.45, 7) is 6.73. The van der Waals surface area contributed by atoms with Gasteiger partial charge in [-0.1, -0.05) is 60.1 Å². The zero-order valence-corrected chi connectivity index (χ0v) is 20.4. The molecule has 0 aliphatic carbocycles. The Hall–Kier alpha value is -3.02. The van der Waals surface area contributed by atoms with Crippen LogP contribution >= 0.6 is 22.9 Å². The fourth-order valence-electron chi connectivity index (χ4n) is 4.53. The quantitative estimate of drug-likeness (QED) is 0.266. The molecular weight excluding hydrogens is 448 g/mol. The lowest BCUT2D eigenvalue weighted by Crippen LogP contribution is -2.52. The number of hydrogen-bond donors (Lipinski definition) is 1. The van der Waals surface area contributed by atoms with Crippen LogP contribution in [0.4, 0.5) is 10.7 Å². The summed E-state index contributed by atoms with van der Waals surface area (Å²) in [6.07, 6.45) is 0.